The maximum Gasteiger partial charge on any atom is 0.333 e. The van der Waals surface area contributed by atoms with Crippen molar-refractivity contribution in [1.82, 2.24) is 0 Å². The van der Waals surface area contributed by atoms with Crippen LogP contribution in [-0.4, -0.2) is 34.2 Å². The summed E-state index contributed by atoms with van der Waals surface area (Å²) in [6.07, 6.45) is 0. The number of alkyl halides is 1. The summed E-state index contributed by atoms with van der Waals surface area (Å²) in [6, 6.07) is 17.8. The average Bonchev–Trinajstić information content (AvgIpc) is 2.84. The molecule has 0 N–H and O–H groups in total. The topological polar surface area (TPSA) is 94.6 Å². The maximum atomic E-state index is 17.5. The van der Waals surface area contributed by atoms with Crippen LogP contribution >= 0.6 is 11.6 Å². The van der Waals surface area contributed by atoms with Crippen molar-refractivity contribution in [3.8, 4) is 0 Å². The predicted octanol–water partition coefficient (Wildman–Crippen LogP) is 4.72. The molecule has 178 valence electrons. The molecular weight excluding hydrogens is 503 g/mol. The molecule has 0 spiro atoms. The van der Waals surface area contributed by atoms with Gasteiger partial charge >= 0.3 is 10.3 Å². The third-order valence-electron chi connectivity index (χ3n) is 5.16. The molecule has 0 aliphatic heterocycles. The van der Waals surface area contributed by atoms with Gasteiger partial charge < -0.3 is 4.74 Å². The highest BCUT2D eigenvalue weighted by atomic mass is 35.5. The van der Waals surface area contributed by atoms with Gasteiger partial charge in [0.15, 0.2) is 0 Å². The second kappa shape index (κ2) is 9.69. The molecule has 0 fully saturated rings. The lowest BCUT2D eigenvalue weighted by Gasteiger charge is -2.33. The van der Waals surface area contributed by atoms with Gasteiger partial charge in [0.25, 0.3) is 0 Å². The number of hydrogen-bond acceptors (Lipinski definition) is 6. The summed E-state index contributed by atoms with van der Waals surface area (Å²) in [6.45, 7) is 3.53. The number of esters is 1. The van der Waals surface area contributed by atoms with Gasteiger partial charge in [-0.15, -0.1) is 0 Å². The third kappa shape index (κ3) is 4.26. The van der Waals surface area contributed by atoms with E-state index in [4.69, 9.17) is 11.6 Å². The Bertz CT molecular complexity index is 1350. The van der Waals surface area contributed by atoms with Crippen molar-refractivity contribution in [3.05, 3.63) is 108 Å². The Balaban J connectivity index is 2.48. The largest absolute Gasteiger partial charge is 0.466 e. The van der Waals surface area contributed by atoms with Gasteiger partial charge in [-0.25, -0.2) is 26.0 Å². The predicted molar refractivity (Wildman–Crippen MR) is 126 cm³/mol. The Morgan fingerprint density at radius 1 is 0.882 bits per heavy atom. The van der Waals surface area contributed by atoms with Crippen LogP contribution in [0.4, 0.5) is 4.39 Å². The van der Waals surface area contributed by atoms with Gasteiger partial charge in [0, 0.05) is 10.6 Å². The van der Waals surface area contributed by atoms with E-state index in [1.807, 2.05) is 0 Å². The Hall–Kier alpha value is -3.01. The molecule has 0 saturated heterocycles. The first kappa shape index (κ1) is 25.6. The van der Waals surface area contributed by atoms with Gasteiger partial charge in [-0.05, 0) is 42.0 Å². The molecule has 0 heterocycles. The molecule has 0 radical (unpaired) electrons. The van der Waals surface area contributed by atoms with E-state index in [1.165, 1.54) is 60.7 Å². The quantitative estimate of drug-likeness (QED) is 0.314. The Kier molecular flexibility index (Phi) is 7.30. The molecule has 3 aromatic rings. The highest BCUT2D eigenvalue weighted by Crippen LogP contribution is 2.50. The number of carbonyl (C=O) groups is 1. The van der Waals surface area contributed by atoms with Crippen LogP contribution in [0.2, 0.25) is 5.02 Å². The number of halogens is 2. The fraction of sp³-hybridized carbons (Fsp3) is 0.125. The Labute approximate surface area is 202 Å². The minimum absolute atomic E-state index is 0.0664. The van der Waals surface area contributed by atoms with Crippen LogP contribution in [0, 0.1) is 0 Å². The van der Waals surface area contributed by atoms with Gasteiger partial charge in [0.2, 0.25) is 19.7 Å². The lowest BCUT2D eigenvalue weighted by molar-refractivity contribution is -0.136. The second-order valence-electron chi connectivity index (χ2n) is 7.22. The van der Waals surface area contributed by atoms with E-state index in [1.54, 1.807) is 0 Å². The van der Waals surface area contributed by atoms with Gasteiger partial charge in [0.05, 0.1) is 22.8 Å². The first-order valence-corrected chi connectivity index (χ1v) is 13.1. The number of carbonyl (C=O) groups excluding carboxylic acids is 1. The van der Waals surface area contributed by atoms with E-state index in [0.29, 0.717) is 0 Å². The van der Waals surface area contributed by atoms with E-state index in [9.17, 15) is 21.6 Å². The van der Waals surface area contributed by atoms with Crippen LogP contribution < -0.4 is 0 Å². The van der Waals surface area contributed by atoms with E-state index >= 15 is 4.39 Å². The van der Waals surface area contributed by atoms with Crippen LogP contribution in [0.1, 0.15) is 11.5 Å². The van der Waals surface area contributed by atoms with Crippen molar-refractivity contribution in [1.29, 1.82) is 0 Å². The minimum Gasteiger partial charge on any atom is -0.466 e. The summed E-state index contributed by atoms with van der Waals surface area (Å²) in [7, 11) is -9.65. The molecule has 34 heavy (non-hydrogen) atoms. The molecule has 0 saturated carbocycles. The molecule has 0 aliphatic rings. The van der Waals surface area contributed by atoms with Gasteiger partial charge in [0.1, 0.15) is 0 Å². The molecular formula is C24H20ClFO6S2. The fourth-order valence-electron chi connectivity index (χ4n) is 3.52. The molecule has 0 bridgehead atoms. The first-order chi connectivity index (χ1) is 16.0. The molecule has 3 aromatic carbocycles. The first-order valence-electron chi connectivity index (χ1n) is 9.79. The maximum absolute atomic E-state index is 17.5. The zero-order valence-electron chi connectivity index (χ0n) is 17.9. The molecule has 0 aliphatic carbocycles. The zero-order valence-corrected chi connectivity index (χ0v) is 20.3. The Morgan fingerprint density at radius 2 is 1.35 bits per heavy atom. The fourth-order valence-corrected chi connectivity index (χ4v) is 8.30. The van der Waals surface area contributed by atoms with E-state index < -0.39 is 51.3 Å². The monoisotopic (exact) mass is 522 g/mol. The lowest BCUT2D eigenvalue weighted by Crippen LogP contribution is -2.49. The van der Waals surface area contributed by atoms with Crippen LogP contribution in [-0.2, 0) is 29.2 Å². The van der Waals surface area contributed by atoms with Crippen molar-refractivity contribution in [3.63, 3.8) is 0 Å². The SMILES string of the molecule is C=C(C(=O)OC)[C@H](c1cccc(Cl)c1)C(F)(S(=O)(=O)c1ccccc1)S(=O)(=O)c1ccccc1. The molecule has 6 nitrogen and oxygen atoms in total. The summed E-state index contributed by atoms with van der Waals surface area (Å²) >= 11 is 6.05. The van der Waals surface area contributed by atoms with Crippen molar-refractivity contribution in [2.45, 2.75) is 20.0 Å². The molecule has 1 atom stereocenters. The highest BCUT2D eigenvalue weighted by Gasteiger charge is 2.64. The normalized spacial score (nSPS) is 13.1. The molecule has 3 rings (SSSR count). The van der Waals surface area contributed by atoms with Crippen molar-refractivity contribution < 1.29 is 30.8 Å². The number of sulfone groups is 2. The summed E-state index contributed by atoms with van der Waals surface area (Å²) in [5.41, 5.74) is -0.907. The lowest BCUT2D eigenvalue weighted by atomic mass is 9.92. The standard InChI is InChI=1S/C24H20ClFO6S2/c1-17(23(27)32-2)22(18-10-9-11-19(25)16-18)24(26,33(28,29)20-12-5-3-6-13-20)34(30,31)21-14-7-4-8-15-21/h3-16,22H,1H2,2H3/t22-/m1/s1. The third-order valence-corrected chi connectivity index (χ3v) is 10.4. The molecule has 0 aromatic heterocycles. The minimum atomic E-state index is -5.32. The average molecular weight is 523 g/mol. The number of ether oxygens (including phenoxy) is 1. The van der Waals surface area contributed by atoms with E-state index in [2.05, 4.69) is 11.3 Å². The van der Waals surface area contributed by atoms with Crippen LogP contribution in [0.3, 0.4) is 0 Å². The number of hydrogen-bond donors (Lipinski definition) is 0. The van der Waals surface area contributed by atoms with Gasteiger partial charge in [-0.2, -0.15) is 0 Å². The van der Waals surface area contributed by atoms with Crippen LogP contribution in [0.5, 0.6) is 0 Å². The van der Waals surface area contributed by atoms with Gasteiger partial charge in [-0.1, -0.05) is 66.7 Å². The Morgan fingerprint density at radius 3 is 1.76 bits per heavy atom. The second-order valence-corrected chi connectivity index (χ2v) is 12.1. The van der Waals surface area contributed by atoms with E-state index in [-0.39, 0.29) is 10.6 Å². The van der Waals surface area contributed by atoms with Crippen LogP contribution in [0.25, 0.3) is 0 Å². The highest BCUT2D eigenvalue weighted by molar-refractivity contribution is 8.10. The summed E-state index contributed by atoms with van der Waals surface area (Å²) in [5.74, 6) is -3.40. The summed E-state index contributed by atoms with van der Waals surface area (Å²) in [4.78, 5) is 11.3. The van der Waals surface area contributed by atoms with Crippen molar-refractivity contribution in [2.75, 3.05) is 7.11 Å². The number of rotatable bonds is 8. The summed E-state index contributed by atoms with van der Waals surface area (Å²) in [5, 5.41) is 0.0664. The molecule has 10 heteroatoms. The number of benzene rings is 3. The van der Waals surface area contributed by atoms with Gasteiger partial charge in [-0.3, -0.25) is 0 Å². The molecule has 0 unspecified atom stereocenters. The van der Waals surface area contributed by atoms with Crippen molar-refractivity contribution in [2.24, 2.45) is 0 Å². The zero-order chi connectivity index (χ0) is 25.1. The van der Waals surface area contributed by atoms with E-state index in [0.717, 1.165) is 31.4 Å². The number of methoxy groups -OCH3 is 1. The van der Waals surface area contributed by atoms with Crippen LogP contribution in [0.15, 0.2) is 107 Å². The summed E-state index contributed by atoms with van der Waals surface area (Å²) < 4.78 is 73.2. The molecule has 0 amide bonds. The smallest absolute Gasteiger partial charge is 0.333 e. The van der Waals surface area contributed by atoms with Crippen molar-refractivity contribution >= 4 is 37.2 Å².